The second-order valence-electron chi connectivity index (χ2n) is 5.24. The minimum absolute atomic E-state index is 0.455. The molecule has 0 spiro atoms. The third-order valence-corrected chi connectivity index (χ3v) is 4.18. The molecule has 0 aromatic carbocycles. The first-order valence-corrected chi connectivity index (χ1v) is 7.43. The van der Waals surface area contributed by atoms with Gasteiger partial charge in [-0.25, -0.2) is 0 Å². The molecule has 3 nitrogen and oxygen atoms in total. The Morgan fingerprint density at radius 2 is 1.71 bits per heavy atom. The molecule has 17 heavy (non-hydrogen) atoms. The van der Waals surface area contributed by atoms with E-state index < -0.39 is 0 Å². The normalized spacial score (nSPS) is 25.1. The van der Waals surface area contributed by atoms with Crippen LogP contribution in [0, 0.1) is 0 Å². The fourth-order valence-corrected chi connectivity index (χ4v) is 2.96. The molecule has 0 amide bonds. The predicted molar refractivity (Wildman–Crippen MR) is 75.3 cm³/mol. The number of nitrogens with zero attached hydrogens (tertiary/aromatic N) is 2. The second kappa shape index (κ2) is 8.06. The van der Waals surface area contributed by atoms with Crippen molar-refractivity contribution in [1.82, 2.24) is 9.80 Å². The largest absolute Gasteiger partial charge is 0.328 e. The monoisotopic (exact) mass is 241 g/mol. The first-order valence-electron chi connectivity index (χ1n) is 7.43. The van der Waals surface area contributed by atoms with Gasteiger partial charge < -0.3 is 15.5 Å². The molecule has 1 rings (SSSR count). The van der Waals surface area contributed by atoms with Crippen molar-refractivity contribution >= 4 is 0 Å². The summed E-state index contributed by atoms with van der Waals surface area (Å²) < 4.78 is 0. The zero-order chi connectivity index (χ0) is 12.7. The van der Waals surface area contributed by atoms with Crippen LogP contribution in [-0.2, 0) is 0 Å². The van der Waals surface area contributed by atoms with Gasteiger partial charge in [-0.15, -0.1) is 0 Å². The summed E-state index contributed by atoms with van der Waals surface area (Å²) in [6.07, 6.45) is 5.03. The van der Waals surface area contributed by atoms with Gasteiger partial charge in [0.1, 0.15) is 0 Å². The summed E-state index contributed by atoms with van der Waals surface area (Å²) in [4.78, 5) is 5.14. The van der Waals surface area contributed by atoms with Crippen molar-refractivity contribution in [3.05, 3.63) is 0 Å². The van der Waals surface area contributed by atoms with E-state index in [9.17, 15) is 0 Å². The van der Waals surface area contributed by atoms with Crippen molar-refractivity contribution in [3.8, 4) is 0 Å². The van der Waals surface area contributed by atoms with Crippen molar-refractivity contribution in [2.45, 2.75) is 58.5 Å². The Morgan fingerprint density at radius 1 is 1.00 bits per heavy atom. The molecule has 0 saturated heterocycles. The van der Waals surface area contributed by atoms with Gasteiger partial charge in [-0.3, -0.25) is 0 Å². The molecule has 0 heterocycles. The highest BCUT2D eigenvalue weighted by molar-refractivity contribution is 4.84. The molecule has 0 radical (unpaired) electrons. The van der Waals surface area contributed by atoms with Gasteiger partial charge in [-0.1, -0.05) is 20.8 Å². The van der Waals surface area contributed by atoms with E-state index in [-0.39, 0.29) is 0 Å². The first kappa shape index (κ1) is 14.9. The zero-order valence-corrected chi connectivity index (χ0v) is 12.0. The third kappa shape index (κ3) is 4.94. The summed E-state index contributed by atoms with van der Waals surface area (Å²) in [5.74, 6) is 0. The molecule has 0 aliphatic heterocycles. The summed E-state index contributed by atoms with van der Waals surface area (Å²) in [6.45, 7) is 12.8. The number of hydrogen-bond acceptors (Lipinski definition) is 3. The fraction of sp³-hybridized carbons (Fsp3) is 1.00. The number of rotatable bonds is 8. The lowest BCUT2D eigenvalue weighted by atomic mass is 10.2. The quantitative estimate of drug-likeness (QED) is 0.705. The maximum atomic E-state index is 6.00. The van der Waals surface area contributed by atoms with Crippen molar-refractivity contribution < 1.29 is 0 Å². The molecule has 0 aromatic heterocycles. The lowest BCUT2D eigenvalue weighted by molar-refractivity contribution is 0.190. The van der Waals surface area contributed by atoms with Gasteiger partial charge in [-0.2, -0.15) is 0 Å². The molecule has 1 saturated carbocycles. The number of nitrogens with two attached hydrogens (primary N) is 1. The molecule has 2 N–H and O–H groups in total. The summed E-state index contributed by atoms with van der Waals surface area (Å²) in [5, 5.41) is 0. The van der Waals surface area contributed by atoms with E-state index >= 15 is 0 Å². The van der Waals surface area contributed by atoms with E-state index in [0.29, 0.717) is 6.04 Å². The summed E-state index contributed by atoms with van der Waals surface area (Å²) in [5.41, 5.74) is 6.00. The standard InChI is InChI=1S/C14H31N3/c1-4-16(5-2)10-7-11-17(6-3)14-9-8-13(15)12-14/h13-14H,4-12,15H2,1-3H3. The Hall–Kier alpha value is -0.120. The molecule has 0 aromatic rings. The van der Waals surface area contributed by atoms with Crippen LogP contribution in [0.2, 0.25) is 0 Å². The van der Waals surface area contributed by atoms with Crippen LogP contribution in [-0.4, -0.2) is 54.6 Å². The molecule has 2 unspecified atom stereocenters. The molecule has 1 fully saturated rings. The van der Waals surface area contributed by atoms with Crippen LogP contribution in [0.4, 0.5) is 0 Å². The predicted octanol–water partition coefficient (Wildman–Crippen LogP) is 1.92. The Bertz CT molecular complexity index is 192. The van der Waals surface area contributed by atoms with Gasteiger partial charge in [0.25, 0.3) is 0 Å². The zero-order valence-electron chi connectivity index (χ0n) is 12.0. The molecular formula is C14H31N3. The van der Waals surface area contributed by atoms with Crippen LogP contribution in [0.3, 0.4) is 0 Å². The number of hydrogen-bond donors (Lipinski definition) is 1. The Kier molecular flexibility index (Phi) is 7.09. The van der Waals surface area contributed by atoms with Gasteiger partial charge in [0, 0.05) is 12.1 Å². The summed E-state index contributed by atoms with van der Waals surface area (Å²) in [7, 11) is 0. The van der Waals surface area contributed by atoms with E-state index in [1.807, 2.05) is 0 Å². The highest BCUT2D eigenvalue weighted by Crippen LogP contribution is 2.22. The minimum atomic E-state index is 0.455. The lowest BCUT2D eigenvalue weighted by Gasteiger charge is -2.28. The van der Waals surface area contributed by atoms with Gasteiger partial charge in [0.15, 0.2) is 0 Å². The van der Waals surface area contributed by atoms with Crippen LogP contribution >= 0.6 is 0 Å². The highest BCUT2D eigenvalue weighted by Gasteiger charge is 2.25. The SMILES string of the molecule is CCN(CC)CCCN(CC)C1CCC(N)C1. The van der Waals surface area contributed by atoms with Gasteiger partial charge >= 0.3 is 0 Å². The molecule has 3 heteroatoms. The van der Waals surface area contributed by atoms with E-state index in [0.717, 1.165) is 6.04 Å². The van der Waals surface area contributed by atoms with E-state index in [1.54, 1.807) is 0 Å². The maximum absolute atomic E-state index is 6.00. The molecule has 2 atom stereocenters. The lowest BCUT2D eigenvalue weighted by Crippen LogP contribution is -2.37. The third-order valence-electron chi connectivity index (χ3n) is 4.18. The average Bonchev–Trinajstić information content (AvgIpc) is 2.76. The Balaban J connectivity index is 2.23. The van der Waals surface area contributed by atoms with E-state index in [2.05, 4.69) is 30.6 Å². The van der Waals surface area contributed by atoms with Crippen LogP contribution in [0.5, 0.6) is 0 Å². The van der Waals surface area contributed by atoms with Crippen molar-refractivity contribution in [2.24, 2.45) is 5.73 Å². The van der Waals surface area contributed by atoms with Crippen LogP contribution in [0.25, 0.3) is 0 Å². The highest BCUT2D eigenvalue weighted by atomic mass is 15.2. The van der Waals surface area contributed by atoms with Gasteiger partial charge in [0.05, 0.1) is 0 Å². The molecule has 0 bridgehead atoms. The Morgan fingerprint density at radius 3 is 2.18 bits per heavy atom. The van der Waals surface area contributed by atoms with Crippen LogP contribution in [0.1, 0.15) is 46.5 Å². The van der Waals surface area contributed by atoms with E-state index in [4.69, 9.17) is 5.73 Å². The van der Waals surface area contributed by atoms with Gasteiger partial charge in [-0.05, 0) is 58.4 Å². The molecule has 102 valence electrons. The minimum Gasteiger partial charge on any atom is -0.328 e. The van der Waals surface area contributed by atoms with Crippen molar-refractivity contribution in [3.63, 3.8) is 0 Å². The van der Waals surface area contributed by atoms with Gasteiger partial charge in [0.2, 0.25) is 0 Å². The second-order valence-corrected chi connectivity index (χ2v) is 5.24. The topological polar surface area (TPSA) is 32.5 Å². The van der Waals surface area contributed by atoms with Crippen molar-refractivity contribution in [2.75, 3.05) is 32.7 Å². The van der Waals surface area contributed by atoms with Crippen LogP contribution < -0.4 is 5.73 Å². The summed E-state index contributed by atoms with van der Waals surface area (Å²) >= 11 is 0. The Labute approximate surface area is 107 Å². The smallest absolute Gasteiger partial charge is 0.0110 e. The molecular weight excluding hydrogens is 210 g/mol. The summed E-state index contributed by atoms with van der Waals surface area (Å²) in [6, 6.07) is 1.21. The van der Waals surface area contributed by atoms with Crippen molar-refractivity contribution in [1.29, 1.82) is 0 Å². The fourth-order valence-electron chi connectivity index (χ4n) is 2.96. The average molecular weight is 241 g/mol. The van der Waals surface area contributed by atoms with Crippen LogP contribution in [0.15, 0.2) is 0 Å². The van der Waals surface area contributed by atoms with E-state index in [1.165, 1.54) is 58.4 Å². The first-order chi connectivity index (χ1) is 8.21. The maximum Gasteiger partial charge on any atom is 0.0110 e. The molecule has 1 aliphatic carbocycles. The molecule has 1 aliphatic rings.